The van der Waals surface area contributed by atoms with Gasteiger partial charge in [-0.2, -0.15) is 0 Å². The lowest BCUT2D eigenvalue weighted by Crippen LogP contribution is -2.32. The number of carbonyl (C=O) groups is 2. The molecular formula is C14H18N4O3. The summed E-state index contributed by atoms with van der Waals surface area (Å²) in [5.74, 6) is -1.12. The minimum absolute atomic E-state index is 0.0826. The van der Waals surface area contributed by atoms with Crippen molar-refractivity contribution in [2.45, 2.75) is 39.3 Å². The van der Waals surface area contributed by atoms with Gasteiger partial charge in [-0.3, -0.25) is 4.79 Å². The van der Waals surface area contributed by atoms with Crippen LogP contribution >= 0.6 is 0 Å². The van der Waals surface area contributed by atoms with E-state index in [4.69, 9.17) is 0 Å². The van der Waals surface area contributed by atoms with Crippen molar-refractivity contribution in [3.63, 3.8) is 0 Å². The van der Waals surface area contributed by atoms with E-state index in [1.54, 1.807) is 12.1 Å². The molecule has 0 saturated carbocycles. The first kappa shape index (κ1) is 15.0. The number of fused-ring (bicyclic) bond motifs is 1. The Kier molecular flexibility index (Phi) is 4.52. The summed E-state index contributed by atoms with van der Waals surface area (Å²) in [5.41, 5.74) is 1.10. The second kappa shape index (κ2) is 6.34. The number of hydrogen-bond acceptors (Lipinski definition) is 4. The fourth-order valence-corrected chi connectivity index (χ4v) is 2.02. The minimum Gasteiger partial charge on any atom is -0.478 e. The molecule has 0 aliphatic rings. The molecule has 0 aliphatic carbocycles. The Morgan fingerprint density at radius 2 is 2.19 bits per heavy atom. The lowest BCUT2D eigenvalue weighted by atomic mass is 10.2. The number of nitrogens with zero attached hydrogens (tertiary/aromatic N) is 3. The Labute approximate surface area is 121 Å². The van der Waals surface area contributed by atoms with Crippen molar-refractivity contribution in [3.8, 4) is 0 Å². The molecule has 2 N–H and O–H groups in total. The Morgan fingerprint density at radius 1 is 1.43 bits per heavy atom. The van der Waals surface area contributed by atoms with Crippen molar-refractivity contribution in [2.75, 3.05) is 0 Å². The molecule has 1 aromatic carbocycles. The normalized spacial score (nSPS) is 12.3. The highest BCUT2D eigenvalue weighted by Crippen LogP contribution is 2.16. The summed E-state index contributed by atoms with van der Waals surface area (Å²) in [6, 6.07) is 4.95. The zero-order valence-corrected chi connectivity index (χ0v) is 12.0. The summed E-state index contributed by atoms with van der Waals surface area (Å²) in [7, 11) is 0. The number of para-hydroxylation sites is 1. The molecule has 7 heteroatoms. The van der Waals surface area contributed by atoms with Crippen LogP contribution in [0.15, 0.2) is 18.2 Å². The summed E-state index contributed by atoms with van der Waals surface area (Å²) in [6.07, 6.45) is 1.10. The van der Waals surface area contributed by atoms with Crippen molar-refractivity contribution >= 4 is 22.9 Å². The van der Waals surface area contributed by atoms with Gasteiger partial charge in [0.1, 0.15) is 11.0 Å². The maximum Gasteiger partial charge on any atom is 0.337 e. The number of nitrogens with one attached hydrogen (secondary N) is 1. The zero-order chi connectivity index (χ0) is 15.4. The first-order valence-electron chi connectivity index (χ1n) is 6.87. The number of rotatable bonds is 6. The number of benzene rings is 1. The molecule has 0 saturated heterocycles. The van der Waals surface area contributed by atoms with E-state index >= 15 is 0 Å². The van der Waals surface area contributed by atoms with Crippen LogP contribution in [0, 0.1) is 0 Å². The molecular weight excluding hydrogens is 272 g/mol. The van der Waals surface area contributed by atoms with E-state index in [1.165, 1.54) is 10.7 Å². The average Bonchev–Trinajstić information content (AvgIpc) is 2.87. The van der Waals surface area contributed by atoms with Crippen LogP contribution in [-0.4, -0.2) is 38.0 Å². The Hall–Kier alpha value is -2.44. The fourth-order valence-electron chi connectivity index (χ4n) is 2.02. The molecule has 2 rings (SSSR count). The third kappa shape index (κ3) is 3.36. The number of aromatic nitrogens is 3. The number of amides is 1. The van der Waals surface area contributed by atoms with Crippen LogP contribution in [0.1, 0.15) is 37.0 Å². The highest BCUT2D eigenvalue weighted by Gasteiger charge is 2.15. The van der Waals surface area contributed by atoms with E-state index in [-0.39, 0.29) is 23.9 Å². The first-order chi connectivity index (χ1) is 10.0. The quantitative estimate of drug-likeness (QED) is 0.839. The fraction of sp³-hybridized carbons (Fsp3) is 0.429. The molecule has 0 spiro atoms. The second-order valence-corrected chi connectivity index (χ2v) is 4.92. The van der Waals surface area contributed by atoms with E-state index < -0.39 is 5.97 Å². The third-order valence-electron chi connectivity index (χ3n) is 3.33. The monoisotopic (exact) mass is 290 g/mol. The van der Waals surface area contributed by atoms with E-state index in [0.717, 1.165) is 6.42 Å². The van der Waals surface area contributed by atoms with Gasteiger partial charge >= 0.3 is 5.97 Å². The summed E-state index contributed by atoms with van der Waals surface area (Å²) < 4.78 is 1.47. The topological polar surface area (TPSA) is 97.1 Å². The third-order valence-corrected chi connectivity index (χ3v) is 3.33. The predicted octanol–water partition coefficient (Wildman–Crippen LogP) is 1.43. The molecule has 1 atom stereocenters. The summed E-state index contributed by atoms with van der Waals surface area (Å²) in [4.78, 5) is 23.0. The number of hydrogen-bond donors (Lipinski definition) is 2. The SMILES string of the molecule is CCC(C)NC(=O)CCn1nnc2cccc(C(=O)O)c21. The molecule has 0 radical (unpaired) electrons. The Morgan fingerprint density at radius 3 is 2.86 bits per heavy atom. The van der Waals surface area contributed by atoms with Crippen LogP contribution in [0.2, 0.25) is 0 Å². The van der Waals surface area contributed by atoms with E-state index in [1.807, 2.05) is 13.8 Å². The van der Waals surface area contributed by atoms with Gasteiger partial charge in [0.05, 0.1) is 12.1 Å². The Balaban J connectivity index is 2.16. The van der Waals surface area contributed by atoms with E-state index in [2.05, 4.69) is 15.6 Å². The molecule has 7 nitrogen and oxygen atoms in total. The van der Waals surface area contributed by atoms with Gasteiger partial charge in [-0.05, 0) is 25.5 Å². The zero-order valence-electron chi connectivity index (χ0n) is 12.0. The highest BCUT2D eigenvalue weighted by molar-refractivity contribution is 6.00. The first-order valence-corrected chi connectivity index (χ1v) is 6.87. The van der Waals surface area contributed by atoms with E-state index in [9.17, 15) is 14.7 Å². The largest absolute Gasteiger partial charge is 0.478 e. The molecule has 1 heterocycles. The van der Waals surface area contributed by atoms with Gasteiger partial charge in [0, 0.05) is 12.5 Å². The molecule has 0 bridgehead atoms. The molecule has 112 valence electrons. The van der Waals surface area contributed by atoms with Gasteiger partial charge in [-0.25, -0.2) is 9.48 Å². The highest BCUT2D eigenvalue weighted by atomic mass is 16.4. The van der Waals surface area contributed by atoms with Gasteiger partial charge in [0.25, 0.3) is 0 Å². The van der Waals surface area contributed by atoms with Crippen molar-refractivity contribution in [1.29, 1.82) is 0 Å². The maximum atomic E-state index is 11.8. The van der Waals surface area contributed by atoms with Gasteiger partial charge < -0.3 is 10.4 Å². The summed E-state index contributed by atoms with van der Waals surface area (Å²) in [6.45, 7) is 4.23. The Bertz CT molecular complexity index is 665. The predicted molar refractivity (Wildman–Crippen MR) is 77.0 cm³/mol. The number of aromatic carboxylic acids is 1. The van der Waals surface area contributed by atoms with Crippen LogP contribution < -0.4 is 5.32 Å². The van der Waals surface area contributed by atoms with Crippen molar-refractivity contribution in [3.05, 3.63) is 23.8 Å². The molecule has 2 aromatic rings. The smallest absolute Gasteiger partial charge is 0.337 e. The van der Waals surface area contributed by atoms with Gasteiger partial charge in [-0.15, -0.1) is 5.10 Å². The van der Waals surface area contributed by atoms with Crippen LogP contribution in [0.25, 0.3) is 11.0 Å². The number of carbonyl (C=O) groups excluding carboxylic acids is 1. The second-order valence-electron chi connectivity index (χ2n) is 4.92. The molecule has 0 fully saturated rings. The molecule has 0 aliphatic heterocycles. The van der Waals surface area contributed by atoms with Crippen LogP contribution in [0.3, 0.4) is 0 Å². The van der Waals surface area contributed by atoms with Gasteiger partial charge in [-0.1, -0.05) is 18.2 Å². The van der Waals surface area contributed by atoms with Crippen molar-refractivity contribution in [1.82, 2.24) is 20.3 Å². The van der Waals surface area contributed by atoms with Gasteiger partial charge in [0.2, 0.25) is 5.91 Å². The molecule has 1 aromatic heterocycles. The van der Waals surface area contributed by atoms with Crippen LogP contribution in [0.5, 0.6) is 0 Å². The summed E-state index contributed by atoms with van der Waals surface area (Å²) >= 11 is 0. The van der Waals surface area contributed by atoms with Crippen LogP contribution in [0.4, 0.5) is 0 Å². The van der Waals surface area contributed by atoms with Crippen LogP contribution in [-0.2, 0) is 11.3 Å². The standard InChI is InChI=1S/C14H18N4O3/c1-3-9(2)15-12(19)7-8-18-13-10(14(20)21)5-4-6-11(13)16-17-18/h4-6,9H,3,7-8H2,1-2H3,(H,15,19)(H,20,21). The van der Waals surface area contributed by atoms with Gasteiger partial charge in [0.15, 0.2) is 0 Å². The average molecular weight is 290 g/mol. The lowest BCUT2D eigenvalue weighted by Gasteiger charge is -2.11. The maximum absolute atomic E-state index is 11.8. The number of carboxylic acid groups (broad SMARTS) is 1. The lowest BCUT2D eigenvalue weighted by molar-refractivity contribution is -0.121. The minimum atomic E-state index is -1.03. The van der Waals surface area contributed by atoms with E-state index in [0.29, 0.717) is 17.6 Å². The molecule has 1 unspecified atom stereocenters. The van der Waals surface area contributed by atoms with Crippen molar-refractivity contribution < 1.29 is 14.7 Å². The van der Waals surface area contributed by atoms with Crippen molar-refractivity contribution in [2.24, 2.45) is 0 Å². The molecule has 1 amide bonds. The molecule has 21 heavy (non-hydrogen) atoms. The summed E-state index contributed by atoms with van der Waals surface area (Å²) in [5, 5.41) is 19.9. The number of carboxylic acids is 1. The number of aryl methyl sites for hydroxylation is 1.